The molecule has 4 heterocycles. The van der Waals surface area contributed by atoms with E-state index in [1.165, 1.54) is 10.4 Å². The standard InChI is InChI=1S/C29H29N5O2S2/c1-36-14-13-30-12-9-26(35)34-29-27(21-8-11-31-17-25(21)38-29)28-33-23-16-19(5-7-24(23)37-28)18-4-6-22-20(15-18)3-2-10-32-22/h2-7,10,15-16,30-31H,8-9,11-14,17H2,1H3,(H,34,35). The summed E-state index contributed by atoms with van der Waals surface area (Å²) in [5.41, 5.74) is 6.64. The predicted octanol–water partition coefficient (Wildman–Crippen LogP) is 5.45. The quantitative estimate of drug-likeness (QED) is 0.214. The highest BCUT2D eigenvalue weighted by Crippen LogP contribution is 2.45. The highest BCUT2D eigenvalue weighted by molar-refractivity contribution is 7.23. The van der Waals surface area contributed by atoms with Crippen LogP contribution in [0, 0.1) is 0 Å². The third kappa shape index (κ3) is 5.21. The van der Waals surface area contributed by atoms with Crippen LogP contribution in [0.2, 0.25) is 0 Å². The number of pyridine rings is 1. The zero-order valence-electron chi connectivity index (χ0n) is 21.2. The Kier molecular flexibility index (Phi) is 7.44. The van der Waals surface area contributed by atoms with Crippen LogP contribution in [0.3, 0.4) is 0 Å². The van der Waals surface area contributed by atoms with E-state index in [9.17, 15) is 4.79 Å². The molecule has 0 atom stereocenters. The minimum Gasteiger partial charge on any atom is -0.383 e. The second-order valence-electron chi connectivity index (χ2n) is 9.29. The third-order valence-corrected chi connectivity index (χ3v) is 8.93. The Hall–Kier alpha value is -3.21. The molecule has 0 unspecified atom stereocenters. The highest BCUT2D eigenvalue weighted by atomic mass is 32.1. The first-order valence-electron chi connectivity index (χ1n) is 12.8. The lowest BCUT2D eigenvalue weighted by atomic mass is 10.0. The number of nitrogens with zero attached hydrogens (tertiary/aromatic N) is 2. The van der Waals surface area contributed by atoms with Gasteiger partial charge in [-0.05, 0) is 60.0 Å². The number of hydrogen-bond donors (Lipinski definition) is 3. The van der Waals surface area contributed by atoms with Gasteiger partial charge in [0.2, 0.25) is 5.91 Å². The molecule has 194 valence electrons. The number of hydrogen-bond acceptors (Lipinski definition) is 8. The lowest BCUT2D eigenvalue weighted by molar-refractivity contribution is -0.116. The van der Waals surface area contributed by atoms with E-state index in [0.29, 0.717) is 19.6 Å². The van der Waals surface area contributed by atoms with E-state index in [2.05, 4.69) is 63.4 Å². The van der Waals surface area contributed by atoms with Crippen molar-refractivity contribution in [2.45, 2.75) is 19.4 Å². The van der Waals surface area contributed by atoms with Gasteiger partial charge in [0.05, 0.1) is 22.3 Å². The van der Waals surface area contributed by atoms with Gasteiger partial charge in [0.15, 0.2) is 0 Å². The molecule has 9 heteroatoms. The number of fused-ring (bicyclic) bond motifs is 3. The Morgan fingerprint density at radius 1 is 1.08 bits per heavy atom. The number of benzene rings is 2. The number of aromatic nitrogens is 2. The number of anilines is 1. The van der Waals surface area contributed by atoms with Gasteiger partial charge < -0.3 is 20.7 Å². The molecule has 1 aliphatic rings. The Balaban J connectivity index is 1.30. The Morgan fingerprint density at radius 3 is 2.89 bits per heavy atom. The minimum absolute atomic E-state index is 0.0110. The molecule has 3 N–H and O–H groups in total. The van der Waals surface area contributed by atoms with Gasteiger partial charge in [-0.25, -0.2) is 4.98 Å². The normalized spacial score (nSPS) is 13.2. The van der Waals surface area contributed by atoms with Gasteiger partial charge in [-0.3, -0.25) is 9.78 Å². The zero-order valence-corrected chi connectivity index (χ0v) is 22.8. The fourth-order valence-corrected chi connectivity index (χ4v) is 7.13. The summed E-state index contributed by atoms with van der Waals surface area (Å²) >= 11 is 3.36. The highest BCUT2D eigenvalue weighted by Gasteiger charge is 2.25. The molecule has 0 spiro atoms. The zero-order chi connectivity index (χ0) is 25.9. The summed E-state index contributed by atoms with van der Waals surface area (Å²) in [7, 11) is 1.67. The van der Waals surface area contributed by atoms with Crippen molar-refractivity contribution in [1.82, 2.24) is 20.6 Å². The van der Waals surface area contributed by atoms with E-state index in [1.807, 2.05) is 12.3 Å². The largest absolute Gasteiger partial charge is 0.383 e. The summed E-state index contributed by atoms with van der Waals surface area (Å²) in [5.74, 6) is 0.0110. The lowest BCUT2D eigenvalue weighted by Crippen LogP contribution is -2.24. The molecular weight excluding hydrogens is 514 g/mol. The Labute approximate surface area is 229 Å². The number of carbonyl (C=O) groups excluding carboxylic acids is 1. The Bertz CT molecular complexity index is 1610. The number of thiazole rings is 1. The molecular formula is C29H29N5O2S2. The van der Waals surface area contributed by atoms with Crippen LogP contribution in [0.5, 0.6) is 0 Å². The first-order chi connectivity index (χ1) is 18.7. The predicted molar refractivity (Wildman–Crippen MR) is 157 cm³/mol. The van der Waals surface area contributed by atoms with Gasteiger partial charge in [-0.2, -0.15) is 0 Å². The van der Waals surface area contributed by atoms with Crippen molar-refractivity contribution >= 4 is 54.7 Å². The average molecular weight is 544 g/mol. The van der Waals surface area contributed by atoms with Crippen molar-refractivity contribution in [3.8, 4) is 21.7 Å². The van der Waals surface area contributed by atoms with Crippen LogP contribution in [-0.2, 0) is 22.5 Å². The first-order valence-corrected chi connectivity index (χ1v) is 14.4. The molecule has 0 fully saturated rings. The monoisotopic (exact) mass is 543 g/mol. The van der Waals surface area contributed by atoms with Crippen LogP contribution >= 0.6 is 22.7 Å². The molecule has 0 aliphatic carbocycles. The summed E-state index contributed by atoms with van der Waals surface area (Å²) in [6.07, 6.45) is 3.16. The van der Waals surface area contributed by atoms with E-state index in [4.69, 9.17) is 9.72 Å². The number of amides is 1. The number of thiophene rings is 1. The average Bonchev–Trinajstić information content (AvgIpc) is 3.52. The fourth-order valence-electron chi connectivity index (χ4n) is 4.81. The second kappa shape index (κ2) is 11.3. The number of carbonyl (C=O) groups is 1. The van der Waals surface area contributed by atoms with Crippen molar-refractivity contribution in [3.05, 3.63) is 65.2 Å². The van der Waals surface area contributed by atoms with E-state index in [0.717, 1.165) is 73.9 Å². The molecule has 5 aromatic rings. The molecule has 1 aliphatic heterocycles. The van der Waals surface area contributed by atoms with Crippen LogP contribution in [0.25, 0.3) is 42.8 Å². The smallest absolute Gasteiger partial charge is 0.226 e. The van der Waals surface area contributed by atoms with Gasteiger partial charge >= 0.3 is 0 Å². The number of methoxy groups -OCH3 is 1. The van der Waals surface area contributed by atoms with Crippen LogP contribution in [0.1, 0.15) is 16.9 Å². The van der Waals surface area contributed by atoms with Gasteiger partial charge in [0.1, 0.15) is 10.0 Å². The van der Waals surface area contributed by atoms with Gasteiger partial charge in [0, 0.05) is 55.2 Å². The maximum atomic E-state index is 12.8. The fraction of sp³-hybridized carbons (Fsp3) is 0.276. The second-order valence-corrected chi connectivity index (χ2v) is 11.4. The van der Waals surface area contributed by atoms with Crippen LogP contribution in [0.15, 0.2) is 54.7 Å². The van der Waals surface area contributed by atoms with Gasteiger partial charge in [-0.1, -0.05) is 18.2 Å². The summed E-state index contributed by atoms with van der Waals surface area (Å²) in [4.78, 5) is 23.6. The molecule has 38 heavy (non-hydrogen) atoms. The molecule has 2 aromatic carbocycles. The first kappa shape index (κ1) is 25.1. The molecule has 3 aromatic heterocycles. The van der Waals surface area contributed by atoms with Crippen molar-refractivity contribution in [2.24, 2.45) is 0 Å². The number of rotatable bonds is 9. The molecule has 0 saturated carbocycles. The lowest BCUT2D eigenvalue weighted by Gasteiger charge is -2.13. The SMILES string of the molecule is COCCNCCC(=O)Nc1sc2c(c1-c1nc3cc(-c4ccc5ncccc5c4)ccc3s1)CCNC2. The van der Waals surface area contributed by atoms with Crippen molar-refractivity contribution in [1.29, 1.82) is 0 Å². The number of nitrogens with one attached hydrogen (secondary N) is 3. The van der Waals surface area contributed by atoms with Crippen LogP contribution in [0.4, 0.5) is 5.00 Å². The maximum absolute atomic E-state index is 12.8. The van der Waals surface area contributed by atoms with Crippen molar-refractivity contribution in [2.75, 3.05) is 38.7 Å². The minimum atomic E-state index is 0.0110. The summed E-state index contributed by atoms with van der Waals surface area (Å²) in [6.45, 7) is 3.74. The molecule has 0 saturated heterocycles. The number of ether oxygens (including phenoxy) is 1. The summed E-state index contributed by atoms with van der Waals surface area (Å²) in [5, 5.41) is 12.9. The van der Waals surface area contributed by atoms with E-state index in [1.54, 1.807) is 29.8 Å². The maximum Gasteiger partial charge on any atom is 0.226 e. The van der Waals surface area contributed by atoms with Crippen LogP contribution in [-0.4, -0.2) is 49.2 Å². The van der Waals surface area contributed by atoms with E-state index in [-0.39, 0.29) is 5.91 Å². The molecule has 0 radical (unpaired) electrons. The molecule has 1 amide bonds. The third-order valence-electron chi connectivity index (χ3n) is 6.73. The summed E-state index contributed by atoms with van der Waals surface area (Å²) < 4.78 is 6.19. The topological polar surface area (TPSA) is 88.2 Å². The van der Waals surface area contributed by atoms with Crippen molar-refractivity contribution < 1.29 is 9.53 Å². The van der Waals surface area contributed by atoms with Crippen LogP contribution < -0.4 is 16.0 Å². The van der Waals surface area contributed by atoms with E-state index < -0.39 is 0 Å². The van der Waals surface area contributed by atoms with Crippen molar-refractivity contribution in [3.63, 3.8) is 0 Å². The molecule has 6 rings (SSSR count). The Morgan fingerprint density at radius 2 is 1.97 bits per heavy atom. The summed E-state index contributed by atoms with van der Waals surface area (Å²) in [6, 6.07) is 16.9. The molecule has 0 bridgehead atoms. The van der Waals surface area contributed by atoms with Gasteiger partial charge in [-0.15, -0.1) is 22.7 Å². The molecule has 7 nitrogen and oxygen atoms in total. The van der Waals surface area contributed by atoms with Gasteiger partial charge in [0.25, 0.3) is 0 Å². The van der Waals surface area contributed by atoms with E-state index >= 15 is 0 Å².